The van der Waals surface area contributed by atoms with Crippen LogP contribution in [0.4, 0.5) is 0 Å². The largest absolute Gasteiger partial charge is 0.458 e. The van der Waals surface area contributed by atoms with Crippen molar-refractivity contribution in [2.45, 2.75) is 52.2 Å². The molecule has 4 heteroatoms. The molecule has 3 atom stereocenters. The van der Waals surface area contributed by atoms with E-state index in [4.69, 9.17) is 14.6 Å². The normalized spacial score (nSPS) is 26.2. The Morgan fingerprint density at radius 1 is 1.35 bits per heavy atom. The topological polar surface area (TPSA) is 55.8 Å². The molecule has 17 heavy (non-hydrogen) atoms. The van der Waals surface area contributed by atoms with Crippen LogP contribution in [0, 0.1) is 11.8 Å². The molecule has 1 aliphatic carbocycles. The van der Waals surface area contributed by atoms with Crippen LogP contribution in [-0.4, -0.2) is 36.0 Å². The summed E-state index contributed by atoms with van der Waals surface area (Å²) in [5, 5.41) is 9.04. The molecule has 0 radical (unpaired) electrons. The Labute approximate surface area is 103 Å². The minimum Gasteiger partial charge on any atom is -0.458 e. The van der Waals surface area contributed by atoms with E-state index in [2.05, 4.69) is 0 Å². The first-order valence-corrected chi connectivity index (χ1v) is 6.29. The number of aliphatic hydroxyl groups excluding tert-OH is 1. The summed E-state index contributed by atoms with van der Waals surface area (Å²) in [5.74, 6) is 0.420. The summed E-state index contributed by atoms with van der Waals surface area (Å²) in [7, 11) is 0. The third-order valence-electron chi connectivity index (χ3n) is 3.11. The lowest BCUT2D eigenvalue weighted by Crippen LogP contribution is -2.36. The van der Waals surface area contributed by atoms with Gasteiger partial charge in [-0.1, -0.05) is 0 Å². The zero-order valence-corrected chi connectivity index (χ0v) is 11.2. The van der Waals surface area contributed by atoms with Gasteiger partial charge in [-0.3, -0.25) is 0 Å². The molecule has 1 N–H and O–H groups in total. The maximum Gasteiger partial charge on any atom is 0.335 e. The second-order valence-corrected chi connectivity index (χ2v) is 5.79. The third kappa shape index (κ3) is 4.64. The Balaban J connectivity index is 2.25. The Hall–Kier alpha value is -0.610. The van der Waals surface area contributed by atoms with Gasteiger partial charge in [0.2, 0.25) is 0 Å². The summed E-state index contributed by atoms with van der Waals surface area (Å²) in [5.41, 5.74) is -0.473. The van der Waals surface area contributed by atoms with E-state index in [9.17, 15) is 4.79 Å². The fraction of sp³-hybridized carbons (Fsp3) is 0.923. The van der Waals surface area contributed by atoms with Crippen LogP contribution in [0.1, 0.15) is 40.5 Å². The SMILES string of the molecule is CC(OC[C@@H]1CC[C@@H]1CO)C(=O)OC(C)(C)C. The number of carbonyl (C=O) groups excluding carboxylic acids is 1. The van der Waals surface area contributed by atoms with Crippen molar-refractivity contribution < 1.29 is 19.4 Å². The molecule has 0 amide bonds. The number of rotatable bonds is 5. The van der Waals surface area contributed by atoms with Gasteiger partial charge < -0.3 is 14.6 Å². The third-order valence-corrected chi connectivity index (χ3v) is 3.11. The highest BCUT2D eigenvalue weighted by Gasteiger charge is 2.31. The average Bonchev–Trinajstić information content (AvgIpc) is 2.14. The smallest absolute Gasteiger partial charge is 0.335 e. The van der Waals surface area contributed by atoms with Gasteiger partial charge >= 0.3 is 5.97 Å². The number of hydrogen-bond acceptors (Lipinski definition) is 4. The number of hydrogen-bond donors (Lipinski definition) is 1. The second-order valence-electron chi connectivity index (χ2n) is 5.79. The Bertz CT molecular complexity index is 255. The zero-order chi connectivity index (χ0) is 13.1. The maximum absolute atomic E-state index is 11.6. The number of carbonyl (C=O) groups is 1. The van der Waals surface area contributed by atoms with E-state index in [1.54, 1.807) is 6.92 Å². The molecule has 0 aromatic heterocycles. The first kappa shape index (κ1) is 14.5. The average molecular weight is 244 g/mol. The fourth-order valence-electron chi connectivity index (χ4n) is 1.82. The summed E-state index contributed by atoms with van der Waals surface area (Å²) in [4.78, 5) is 11.6. The quantitative estimate of drug-likeness (QED) is 0.749. The minimum atomic E-state index is -0.533. The second kappa shape index (κ2) is 5.83. The molecule has 0 bridgehead atoms. The lowest BCUT2D eigenvalue weighted by atomic mass is 9.75. The molecule has 1 saturated carbocycles. The Morgan fingerprint density at radius 2 is 1.94 bits per heavy atom. The molecule has 100 valence electrons. The number of ether oxygens (including phenoxy) is 2. The van der Waals surface area contributed by atoms with E-state index in [1.807, 2.05) is 20.8 Å². The van der Waals surface area contributed by atoms with Crippen LogP contribution in [-0.2, 0) is 14.3 Å². The fourth-order valence-corrected chi connectivity index (χ4v) is 1.82. The van der Waals surface area contributed by atoms with Gasteiger partial charge in [-0.15, -0.1) is 0 Å². The molecule has 0 heterocycles. The highest BCUT2D eigenvalue weighted by Crippen LogP contribution is 2.34. The molecular weight excluding hydrogens is 220 g/mol. The molecule has 0 aliphatic heterocycles. The maximum atomic E-state index is 11.6. The van der Waals surface area contributed by atoms with Gasteiger partial charge in [0.25, 0.3) is 0 Å². The van der Waals surface area contributed by atoms with Crippen molar-refractivity contribution >= 4 is 5.97 Å². The molecule has 1 aliphatic rings. The van der Waals surface area contributed by atoms with Gasteiger partial charge in [0.1, 0.15) is 5.60 Å². The van der Waals surface area contributed by atoms with Crippen molar-refractivity contribution in [3.05, 3.63) is 0 Å². The minimum absolute atomic E-state index is 0.217. The summed E-state index contributed by atoms with van der Waals surface area (Å²) >= 11 is 0. The number of aliphatic hydroxyl groups is 1. The van der Waals surface area contributed by atoms with E-state index in [-0.39, 0.29) is 12.6 Å². The highest BCUT2D eigenvalue weighted by atomic mass is 16.6. The van der Waals surface area contributed by atoms with Gasteiger partial charge in [0, 0.05) is 6.61 Å². The lowest BCUT2D eigenvalue weighted by molar-refractivity contribution is -0.169. The van der Waals surface area contributed by atoms with Crippen LogP contribution >= 0.6 is 0 Å². The molecule has 1 rings (SSSR count). The Kier molecular flexibility index (Phi) is 4.95. The predicted molar refractivity (Wildman–Crippen MR) is 64.6 cm³/mol. The van der Waals surface area contributed by atoms with Crippen molar-refractivity contribution in [1.82, 2.24) is 0 Å². The lowest BCUT2D eigenvalue weighted by Gasteiger charge is -2.35. The predicted octanol–water partition coefficient (Wildman–Crippen LogP) is 1.75. The van der Waals surface area contributed by atoms with E-state index in [0.717, 1.165) is 12.8 Å². The molecule has 0 aromatic rings. The standard InChI is InChI=1S/C13H24O4/c1-9(12(15)17-13(2,3)4)16-8-11-6-5-10(11)7-14/h9-11,14H,5-8H2,1-4H3/t9?,10-,11+/m1/s1. The molecule has 0 spiro atoms. The molecule has 0 aromatic carbocycles. The van der Waals surface area contributed by atoms with E-state index in [1.165, 1.54) is 0 Å². The van der Waals surface area contributed by atoms with Crippen LogP contribution in [0.3, 0.4) is 0 Å². The van der Waals surface area contributed by atoms with Crippen molar-refractivity contribution in [3.8, 4) is 0 Å². The van der Waals surface area contributed by atoms with Gasteiger partial charge in [0.15, 0.2) is 6.10 Å². The summed E-state index contributed by atoms with van der Waals surface area (Å²) < 4.78 is 10.7. The van der Waals surface area contributed by atoms with E-state index < -0.39 is 11.7 Å². The summed E-state index contributed by atoms with van der Waals surface area (Å²) in [6.07, 6.45) is 1.60. The molecule has 4 nitrogen and oxygen atoms in total. The van der Waals surface area contributed by atoms with Crippen molar-refractivity contribution in [2.75, 3.05) is 13.2 Å². The molecule has 0 saturated heterocycles. The zero-order valence-electron chi connectivity index (χ0n) is 11.2. The van der Waals surface area contributed by atoms with Crippen molar-refractivity contribution in [1.29, 1.82) is 0 Å². The summed E-state index contributed by atoms with van der Waals surface area (Å²) in [6.45, 7) is 7.98. The monoisotopic (exact) mass is 244 g/mol. The van der Waals surface area contributed by atoms with E-state index >= 15 is 0 Å². The molecule has 1 unspecified atom stereocenters. The first-order chi connectivity index (χ1) is 7.83. The van der Waals surface area contributed by atoms with Crippen LogP contribution in [0.15, 0.2) is 0 Å². The van der Waals surface area contributed by atoms with Crippen LogP contribution in [0.25, 0.3) is 0 Å². The van der Waals surface area contributed by atoms with Crippen LogP contribution < -0.4 is 0 Å². The first-order valence-electron chi connectivity index (χ1n) is 6.29. The van der Waals surface area contributed by atoms with Gasteiger partial charge in [-0.05, 0) is 52.4 Å². The van der Waals surface area contributed by atoms with E-state index in [0.29, 0.717) is 18.4 Å². The summed E-state index contributed by atoms with van der Waals surface area (Å²) in [6, 6.07) is 0. The van der Waals surface area contributed by atoms with Crippen molar-refractivity contribution in [2.24, 2.45) is 11.8 Å². The van der Waals surface area contributed by atoms with Gasteiger partial charge in [-0.2, -0.15) is 0 Å². The van der Waals surface area contributed by atoms with Crippen LogP contribution in [0.2, 0.25) is 0 Å². The Morgan fingerprint density at radius 3 is 2.35 bits per heavy atom. The van der Waals surface area contributed by atoms with Gasteiger partial charge in [-0.25, -0.2) is 4.79 Å². The number of esters is 1. The molecular formula is C13H24O4. The van der Waals surface area contributed by atoms with Gasteiger partial charge in [0.05, 0.1) is 6.61 Å². The molecule has 1 fully saturated rings. The van der Waals surface area contributed by atoms with Crippen LogP contribution in [0.5, 0.6) is 0 Å². The highest BCUT2D eigenvalue weighted by molar-refractivity contribution is 5.74. The van der Waals surface area contributed by atoms with Crippen molar-refractivity contribution in [3.63, 3.8) is 0 Å².